The monoisotopic (exact) mass is 361 g/mol. The zero-order chi connectivity index (χ0) is 19.0. The van der Waals surface area contributed by atoms with Crippen molar-refractivity contribution < 1.29 is 0 Å². The van der Waals surface area contributed by atoms with Crippen LogP contribution in [-0.4, -0.2) is 27.5 Å². The molecule has 0 aliphatic carbocycles. The Kier molecular flexibility index (Phi) is 5.05. The number of aryl methyl sites for hydroxylation is 4. The maximum Gasteiger partial charge on any atom is 0.0486 e. The van der Waals surface area contributed by atoms with E-state index in [2.05, 4.69) is 65.6 Å². The number of aromatic nitrogens is 2. The molecule has 0 saturated heterocycles. The van der Waals surface area contributed by atoms with Gasteiger partial charge >= 0.3 is 0 Å². The van der Waals surface area contributed by atoms with E-state index < -0.39 is 0 Å². The largest absolute Gasteiger partial charge is 0.344 e. The number of fused-ring (bicyclic) bond motifs is 3. The summed E-state index contributed by atoms with van der Waals surface area (Å²) in [6, 6.07) is 11.3. The molecule has 0 fully saturated rings. The van der Waals surface area contributed by atoms with Crippen molar-refractivity contribution in [1.29, 1.82) is 0 Å². The van der Waals surface area contributed by atoms with Crippen molar-refractivity contribution in [2.24, 2.45) is 5.92 Å². The lowest BCUT2D eigenvalue weighted by Gasteiger charge is -2.29. The van der Waals surface area contributed by atoms with Gasteiger partial charge in [-0.1, -0.05) is 31.5 Å². The van der Waals surface area contributed by atoms with E-state index >= 15 is 0 Å². The first-order valence-corrected chi connectivity index (χ1v) is 10.3. The Morgan fingerprint density at radius 1 is 1.11 bits per heavy atom. The molecule has 1 aliphatic heterocycles. The van der Waals surface area contributed by atoms with Crippen molar-refractivity contribution in [3.8, 4) is 0 Å². The predicted octanol–water partition coefficient (Wildman–Crippen LogP) is 4.91. The average molecular weight is 362 g/mol. The van der Waals surface area contributed by atoms with Gasteiger partial charge in [0.05, 0.1) is 0 Å². The SMILES string of the molecule is Cc1ccc2c(c1)c1c(n2CCc2ccc(C)nc2)CCN(CC(C)C)C1. The highest BCUT2D eigenvalue weighted by Gasteiger charge is 2.24. The highest BCUT2D eigenvalue weighted by Crippen LogP contribution is 2.32. The van der Waals surface area contributed by atoms with Crippen LogP contribution in [0.15, 0.2) is 36.5 Å². The summed E-state index contributed by atoms with van der Waals surface area (Å²) in [7, 11) is 0. The second-order valence-electron chi connectivity index (χ2n) is 8.53. The van der Waals surface area contributed by atoms with E-state index in [0.29, 0.717) is 0 Å². The molecule has 0 radical (unpaired) electrons. The third-order valence-electron chi connectivity index (χ3n) is 5.71. The van der Waals surface area contributed by atoms with E-state index in [4.69, 9.17) is 0 Å². The van der Waals surface area contributed by atoms with Gasteiger partial charge in [0.15, 0.2) is 0 Å². The molecule has 0 amide bonds. The predicted molar refractivity (Wildman–Crippen MR) is 113 cm³/mol. The molecule has 27 heavy (non-hydrogen) atoms. The van der Waals surface area contributed by atoms with Gasteiger partial charge in [0.1, 0.15) is 0 Å². The summed E-state index contributed by atoms with van der Waals surface area (Å²) in [6.45, 7) is 13.4. The van der Waals surface area contributed by atoms with E-state index in [1.807, 2.05) is 13.1 Å². The number of benzene rings is 1. The number of hydrogen-bond donors (Lipinski definition) is 0. The normalized spacial score (nSPS) is 14.9. The number of pyridine rings is 1. The van der Waals surface area contributed by atoms with Gasteiger partial charge in [-0.15, -0.1) is 0 Å². The van der Waals surface area contributed by atoms with Crippen molar-refractivity contribution >= 4 is 10.9 Å². The first-order valence-electron chi connectivity index (χ1n) is 10.3. The van der Waals surface area contributed by atoms with Crippen LogP contribution < -0.4 is 0 Å². The minimum absolute atomic E-state index is 0.718. The molecule has 1 aromatic carbocycles. The van der Waals surface area contributed by atoms with Crippen molar-refractivity contribution in [3.05, 3.63) is 64.6 Å². The van der Waals surface area contributed by atoms with Gasteiger partial charge in [-0.2, -0.15) is 0 Å². The lowest BCUT2D eigenvalue weighted by molar-refractivity contribution is 0.225. The molecule has 0 unspecified atom stereocenters. The van der Waals surface area contributed by atoms with Crippen LogP contribution in [-0.2, 0) is 25.9 Å². The highest BCUT2D eigenvalue weighted by atomic mass is 15.1. The molecular weight excluding hydrogens is 330 g/mol. The summed E-state index contributed by atoms with van der Waals surface area (Å²) < 4.78 is 2.58. The van der Waals surface area contributed by atoms with Gasteiger partial charge in [0, 0.05) is 61.1 Å². The van der Waals surface area contributed by atoms with E-state index in [1.54, 1.807) is 11.3 Å². The van der Waals surface area contributed by atoms with Crippen LogP contribution in [0.4, 0.5) is 0 Å². The topological polar surface area (TPSA) is 21.1 Å². The molecular formula is C24H31N3. The van der Waals surface area contributed by atoms with Crippen LogP contribution in [0.25, 0.3) is 10.9 Å². The molecule has 3 nitrogen and oxygen atoms in total. The highest BCUT2D eigenvalue weighted by molar-refractivity contribution is 5.86. The average Bonchev–Trinajstić information content (AvgIpc) is 2.93. The van der Waals surface area contributed by atoms with Gasteiger partial charge in [-0.05, 0) is 55.5 Å². The first kappa shape index (κ1) is 18.2. The Labute approximate surface area is 163 Å². The molecule has 142 valence electrons. The molecule has 0 saturated carbocycles. The van der Waals surface area contributed by atoms with Crippen LogP contribution in [0.1, 0.15) is 41.9 Å². The van der Waals surface area contributed by atoms with E-state index in [9.17, 15) is 0 Å². The molecule has 0 spiro atoms. The van der Waals surface area contributed by atoms with E-state index in [1.165, 1.54) is 35.1 Å². The molecule has 2 aromatic heterocycles. The molecule has 3 heteroatoms. The van der Waals surface area contributed by atoms with Crippen LogP contribution in [0.2, 0.25) is 0 Å². The Balaban J connectivity index is 1.67. The summed E-state index contributed by atoms with van der Waals surface area (Å²) in [5.74, 6) is 0.718. The van der Waals surface area contributed by atoms with Gasteiger partial charge < -0.3 is 4.57 Å². The fourth-order valence-corrected chi connectivity index (χ4v) is 4.43. The van der Waals surface area contributed by atoms with E-state index in [0.717, 1.165) is 37.5 Å². The molecule has 0 bridgehead atoms. The van der Waals surface area contributed by atoms with Gasteiger partial charge in [-0.3, -0.25) is 9.88 Å². The minimum atomic E-state index is 0.718. The summed E-state index contributed by atoms with van der Waals surface area (Å²) >= 11 is 0. The van der Waals surface area contributed by atoms with Crippen molar-refractivity contribution in [2.75, 3.05) is 13.1 Å². The standard InChI is InChI=1S/C24H31N3/c1-17(2)15-26-11-10-24-22(16-26)21-13-18(3)5-8-23(21)27(24)12-9-20-7-6-19(4)25-14-20/h5-8,13-14,17H,9-12,15-16H2,1-4H3. The molecule has 0 N–H and O–H groups in total. The van der Waals surface area contributed by atoms with Crippen molar-refractivity contribution in [3.63, 3.8) is 0 Å². The number of nitrogens with zero attached hydrogens (tertiary/aromatic N) is 3. The fourth-order valence-electron chi connectivity index (χ4n) is 4.43. The Morgan fingerprint density at radius 3 is 2.70 bits per heavy atom. The van der Waals surface area contributed by atoms with Crippen LogP contribution in [0.3, 0.4) is 0 Å². The number of hydrogen-bond acceptors (Lipinski definition) is 2. The van der Waals surface area contributed by atoms with Crippen LogP contribution in [0.5, 0.6) is 0 Å². The quantitative estimate of drug-likeness (QED) is 0.644. The van der Waals surface area contributed by atoms with Crippen molar-refractivity contribution in [1.82, 2.24) is 14.5 Å². The van der Waals surface area contributed by atoms with Crippen LogP contribution >= 0.6 is 0 Å². The zero-order valence-corrected chi connectivity index (χ0v) is 17.1. The molecule has 0 atom stereocenters. The third-order valence-corrected chi connectivity index (χ3v) is 5.71. The maximum absolute atomic E-state index is 4.46. The second-order valence-corrected chi connectivity index (χ2v) is 8.53. The molecule has 1 aliphatic rings. The fraction of sp³-hybridized carbons (Fsp3) is 0.458. The molecule has 3 heterocycles. The summed E-state index contributed by atoms with van der Waals surface area (Å²) in [4.78, 5) is 7.09. The summed E-state index contributed by atoms with van der Waals surface area (Å²) in [5, 5.41) is 1.46. The number of rotatable bonds is 5. The van der Waals surface area contributed by atoms with Crippen molar-refractivity contribution in [2.45, 2.75) is 53.6 Å². The maximum atomic E-state index is 4.46. The summed E-state index contributed by atoms with van der Waals surface area (Å²) in [5.41, 5.74) is 8.27. The molecule has 4 rings (SSSR count). The lowest BCUT2D eigenvalue weighted by Crippen LogP contribution is -2.33. The smallest absolute Gasteiger partial charge is 0.0486 e. The van der Waals surface area contributed by atoms with E-state index in [-0.39, 0.29) is 0 Å². The minimum Gasteiger partial charge on any atom is -0.344 e. The van der Waals surface area contributed by atoms with Crippen LogP contribution in [0, 0.1) is 19.8 Å². The third kappa shape index (κ3) is 3.79. The van der Waals surface area contributed by atoms with Gasteiger partial charge in [-0.25, -0.2) is 0 Å². The lowest BCUT2D eigenvalue weighted by atomic mass is 10.0. The Hall–Kier alpha value is -2.13. The second kappa shape index (κ2) is 7.47. The summed E-state index contributed by atoms with van der Waals surface area (Å²) in [6.07, 6.45) is 4.22. The first-order chi connectivity index (χ1) is 13.0. The Morgan fingerprint density at radius 2 is 1.96 bits per heavy atom. The van der Waals surface area contributed by atoms with Gasteiger partial charge in [0.2, 0.25) is 0 Å². The Bertz CT molecular complexity index is 934. The zero-order valence-electron chi connectivity index (χ0n) is 17.1. The molecule has 3 aromatic rings. The van der Waals surface area contributed by atoms with Gasteiger partial charge in [0.25, 0.3) is 0 Å².